The quantitative estimate of drug-likeness (QED) is 0.386. The Kier molecular flexibility index (Phi) is 9.92. The molecule has 45 heavy (non-hydrogen) atoms. The van der Waals surface area contributed by atoms with E-state index in [1.807, 2.05) is 39.1 Å². The van der Waals surface area contributed by atoms with E-state index in [-0.39, 0.29) is 30.3 Å². The van der Waals surface area contributed by atoms with Crippen molar-refractivity contribution in [3.63, 3.8) is 0 Å². The fraction of sp³-hybridized carbons (Fsp3) is 0.618. The van der Waals surface area contributed by atoms with Gasteiger partial charge in [0, 0.05) is 49.6 Å². The van der Waals surface area contributed by atoms with Crippen LogP contribution in [0.3, 0.4) is 0 Å². The summed E-state index contributed by atoms with van der Waals surface area (Å²) >= 11 is 8.03. The van der Waals surface area contributed by atoms with E-state index in [4.69, 9.17) is 17.3 Å². The van der Waals surface area contributed by atoms with Crippen molar-refractivity contribution in [3.05, 3.63) is 44.6 Å². The molecule has 1 aromatic heterocycles. The summed E-state index contributed by atoms with van der Waals surface area (Å²) in [6.45, 7) is 7.54. The van der Waals surface area contributed by atoms with E-state index in [1.165, 1.54) is 12.8 Å². The van der Waals surface area contributed by atoms with Gasteiger partial charge in [-0.3, -0.25) is 9.59 Å². The number of hydrogen-bond acceptors (Lipinski definition) is 6. The Morgan fingerprint density at radius 3 is 2.29 bits per heavy atom. The van der Waals surface area contributed by atoms with Crippen LogP contribution in [0.1, 0.15) is 61.6 Å². The first-order chi connectivity index (χ1) is 21.7. The molecule has 9 nitrogen and oxygen atoms in total. The van der Waals surface area contributed by atoms with Crippen LogP contribution in [0.2, 0.25) is 5.02 Å². The zero-order valence-electron chi connectivity index (χ0n) is 26.6. The number of nitrogens with two attached hydrogens (primary N) is 1. The average molecular weight is 655 g/mol. The number of aryl methyl sites for hydroxylation is 1. The molecule has 244 valence electrons. The largest absolute Gasteiger partial charge is 0.397 e. The number of rotatable bonds is 7. The standard InChI is InChI=1S/C34H47ClN6O3S/c1-22-15-23(17-29(35)32(22)36)16-26(33(43)40-11-5-25(6-12-40)24-3-9-38(2)10-4-24)18-31(42)39-13-7-28(8-14-39)41-19-27-20-45-21-30(27)37-34(41)44/h15,17,20-21,24-26,28H,3-14,16,18-19,36H2,1-2H3,(H,37,44)/t26-/m0/s1. The third-order valence-corrected chi connectivity index (χ3v) is 11.9. The lowest BCUT2D eigenvalue weighted by Gasteiger charge is -2.41. The van der Waals surface area contributed by atoms with Crippen molar-refractivity contribution in [2.75, 3.05) is 57.4 Å². The summed E-state index contributed by atoms with van der Waals surface area (Å²) in [5.74, 6) is 1.05. The van der Waals surface area contributed by atoms with Gasteiger partial charge in [-0.1, -0.05) is 17.7 Å². The molecule has 4 amide bonds. The lowest BCUT2D eigenvalue weighted by atomic mass is 9.78. The summed E-state index contributed by atoms with van der Waals surface area (Å²) < 4.78 is 0. The molecule has 0 saturated carbocycles. The van der Waals surface area contributed by atoms with Crippen LogP contribution >= 0.6 is 22.9 Å². The second-order valence-electron chi connectivity index (χ2n) is 13.7. The van der Waals surface area contributed by atoms with Crippen LogP contribution in [0.25, 0.3) is 0 Å². The zero-order chi connectivity index (χ0) is 31.7. The SMILES string of the molecule is Cc1cc(C[C@@H](CC(=O)N2CCC(N3Cc4cscc4NC3=O)CC2)C(=O)N2CCC(C3CCN(C)CC3)CC2)cc(Cl)c1N. The van der Waals surface area contributed by atoms with Gasteiger partial charge in [-0.2, -0.15) is 0 Å². The van der Waals surface area contributed by atoms with Crippen molar-refractivity contribution in [2.24, 2.45) is 17.8 Å². The maximum Gasteiger partial charge on any atom is 0.322 e. The highest BCUT2D eigenvalue weighted by Crippen LogP contribution is 2.34. The molecule has 4 aliphatic heterocycles. The minimum atomic E-state index is -0.459. The molecule has 3 N–H and O–H groups in total. The number of anilines is 2. The maximum atomic E-state index is 14.1. The topological polar surface area (TPSA) is 102 Å². The fourth-order valence-electron chi connectivity index (χ4n) is 7.88. The number of nitrogens with one attached hydrogen (secondary N) is 1. The predicted octanol–water partition coefficient (Wildman–Crippen LogP) is 5.46. The van der Waals surface area contributed by atoms with Crippen LogP contribution in [0.15, 0.2) is 22.9 Å². The number of benzene rings is 1. The Labute approximate surface area is 276 Å². The molecule has 0 spiro atoms. The van der Waals surface area contributed by atoms with Crippen LogP contribution in [-0.2, 0) is 22.6 Å². The zero-order valence-corrected chi connectivity index (χ0v) is 28.2. The minimum absolute atomic E-state index is 0.00879. The van der Waals surface area contributed by atoms with E-state index in [9.17, 15) is 14.4 Å². The van der Waals surface area contributed by atoms with Gasteiger partial charge in [0.2, 0.25) is 11.8 Å². The van der Waals surface area contributed by atoms with Crippen LogP contribution in [0, 0.1) is 24.7 Å². The van der Waals surface area contributed by atoms with Crippen LogP contribution in [-0.4, -0.2) is 89.8 Å². The van der Waals surface area contributed by atoms with Crippen molar-refractivity contribution >= 4 is 52.2 Å². The van der Waals surface area contributed by atoms with E-state index in [0.717, 1.165) is 80.2 Å². The van der Waals surface area contributed by atoms with Gasteiger partial charge in [0.05, 0.1) is 28.9 Å². The summed E-state index contributed by atoms with van der Waals surface area (Å²) in [4.78, 5) is 48.8. The Balaban J connectivity index is 1.09. The second-order valence-corrected chi connectivity index (χ2v) is 14.8. The van der Waals surface area contributed by atoms with Crippen molar-refractivity contribution < 1.29 is 14.4 Å². The Bertz CT molecular complexity index is 1370. The number of hydrogen-bond donors (Lipinski definition) is 2. The van der Waals surface area contributed by atoms with E-state index in [2.05, 4.69) is 22.6 Å². The third kappa shape index (κ3) is 7.28. The van der Waals surface area contributed by atoms with E-state index in [1.54, 1.807) is 11.3 Å². The number of urea groups is 1. The average Bonchev–Trinajstić information content (AvgIpc) is 3.50. The Hall–Kier alpha value is -2.82. The molecule has 1 aromatic carbocycles. The fourth-order valence-corrected chi connectivity index (χ4v) is 8.95. The van der Waals surface area contributed by atoms with Gasteiger partial charge in [-0.05, 0) is 106 Å². The summed E-state index contributed by atoms with van der Waals surface area (Å²) in [6, 6.07) is 3.86. The molecule has 3 fully saturated rings. The van der Waals surface area contributed by atoms with E-state index >= 15 is 0 Å². The van der Waals surface area contributed by atoms with Crippen molar-refractivity contribution in [1.29, 1.82) is 0 Å². The minimum Gasteiger partial charge on any atom is -0.397 e. The third-order valence-electron chi connectivity index (χ3n) is 10.8. The number of likely N-dealkylation sites (tertiary alicyclic amines) is 3. The second kappa shape index (κ2) is 13.9. The van der Waals surface area contributed by atoms with Crippen molar-refractivity contribution in [1.82, 2.24) is 19.6 Å². The molecule has 3 saturated heterocycles. The number of fused-ring (bicyclic) bond motifs is 1. The molecule has 5 heterocycles. The number of amides is 4. The van der Waals surface area contributed by atoms with Gasteiger partial charge in [0.25, 0.3) is 0 Å². The van der Waals surface area contributed by atoms with Gasteiger partial charge in [-0.25, -0.2) is 4.79 Å². The Morgan fingerprint density at radius 1 is 0.978 bits per heavy atom. The summed E-state index contributed by atoms with van der Waals surface area (Å²) in [7, 11) is 2.20. The normalized spacial score (nSPS) is 21.5. The molecule has 6 rings (SSSR count). The first kappa shape index (κ1) is 32.1. The maximum absolute atomic E-state index is 14.1. The number of carbonyl (C=O) groups excluding carboxylic acids is 3. The monoisotopic (exact) mass is 654 g/mol. The van der Waals surface area contributed by atoms with Gasteiger partial charge in [0.15, 0.2) is 0 Å². The van der Waals surface area contributed by atoms with Gasteiger partial charge in [-0.15, -0.1) is 11.3 Å². The summed E-state index contributed by atoms with van der Waals surface area (Å²) in [5.41, 5.74) is 10.5. The van der Waals surface area contributed by atoms with Crippen LogP contribution in [0.5, 0.6) is 0 Å². The molecule has 2 aromatic rings. The molecule has 0 unspecified atom stereocenters. The molecule has 4 aliphatic rings. The molecular weight excluding hydrogens is 608 g/mol. The molecule has 0 aliphatic carbocycles. The Morgan fingerprint density at radius 2 is 1.62 bits per heavy atom. The van der Waals surface area contributed by atoms with Crippen LogP contribution < -0.4 is 11.1 Å². The molecule has 11 heteroatoms. The van der Waals surface area contributed by atoms with Crippen molar-refractivity contribution in [2.45, 2.75) is 70.9 Å². The van der Waals surface area contributed by atoms with Crippen LogP contribution in [0.4, 0.5) is 16.2 Å². The molecular formula is C34H47ClN6O3S. The summed E-state index contributed by atoms with van der Waals surface area (Å²) in [5, 5.41) is 7.55. The number of nitrogen functional groups attached to an aromatic ring is 1. The smallest absolute Gasteiger partial charge is 0.322 e. The van der Waals surface area contributed by atoms with Gasteiger partial charge in [0.1, 0.15) is 0 Å². The molecule has 1 atom stereocenters. The highest BCUT2D eigenvalue weighted by molar-refractivity contribution is 7.08. The van der Waals surface area contributed by atoms with E-state index < -0.39 is 5.92 Å². The predicted molar refractivity (Wildman–Crippen MR) is 180 cm³/mol. The first-order valence-electron chi connectivity index (χ1n) is 16.6. The highest BCUT2D eigenvalue weighted by atomic mass is 35.5. The molecule has 0 bridgehead atoms. The number of thiophene rings is 1. The van der Waals surface area contributed by atoms with E-state index in [0.29, 0.717) is 42.7 Å². The van der Waals surface area contributed by atoms with Gasteiger partial charge < -0.3 is 30.7 Å². The van der Waals surface area contributed by atoms with Gasteiger partial charge >= 0.3 is 6.03 Å². The first-order valence-corrected chi connectivity index (χ1v) is 17.9. The molecule has 0 radical (unpaired) electrons. The number of carbonyl (C=O) groups is 3. The number of piperidine rings is 3. The lowest BCUT2D eigenvalue weighted by molar-refractivity contribution is -0.143. The van der Waals surface area contributed by atoms with Crippen molar-refractivity contribution in [3.8, 4) is 0 Å². The summed E-state index contributed by atoms with van der Waals surface area (Å²) in [6.07, 6.45) is 6.66. The number of nitrogens with zero attached hydrogens (tertiary/aromatic N) is 4. The highest BCUT2D eigenvalue weighted by Gasteiger charge is 2.36. The lowest BCUT2D eigenvalue weighted by Crippen LogP contribution is -2.51. The number of halogens is 1.